The zero-order valence-electron chi connectivity index (χ0n) is 14.3. The van der Waals surface area contributed by atoms with Gasteiger partial charge in [-0.25, -0.2) is 21.6 Å². The normalized spacial score (nSPS) is 21.4. The Bertz CT molecular complexity index is 1120. The summed E-state index contributed by atoms with van der Waals surface area (Å²) in [5.41, 5.74) is -0.170. The van der Waals surface area contributed by atoms with E-state index < -0.39 is 54.4 Å². The molecule has 0 bridgehead atoms. The van der Waals surface area contributed by atoms with Crippen LogP contribution in [-0.4, -0.2) is 56.7 Å². The van der Waals surface area contributed by atoms with Crippen LogP contribution in [0.2, 0.25) is 5.02 Å². The molecule has 0 radical (unpaired) electrons. The summed E-state index contributed by atoms with van der Waals surface area (Å²) < 4.78 is 51.6. The molecule has 8 nitrogen and oxygen atoms in total. The van der Waals surface area contributed by atoms with Crippen molar-refractivity contribution in [3.05, 3.63) is 59.1 Å². The summed E-state index contributed by atoms with van der Waals surface area (Å²) in [6.07, 6.45) is -1.44. The molecule has 2 aromatic rings. The largest absolute Gasteiger partial charge is 0.478 e. The number of para-hydroxylation sites is 1. The minimum atomic E-state index is -4.49. The Kier molecular flexibility index (Phi) is 5.41. The number of aliphatic hydroxyl groups is 1. The maximum atomic E-state index is 13.4. The maximum absolute atomic E-state index is 13.4. The van der Waals surface area contributed by atoms with Crippen LogP contribution in [-0.2, 0) is 19.9 Å². The maximum Gasteiger partial charge on any atom is 0.335 e. The van der Waals surface area contributed by atoms with Crippen LogP contribution in [0.5, 0.6) is 0 Å². The molecule has 0 aliphatic carbocycles. The molecule has 28 heavy (non-hydrogen) atoms. The summed E-state index contributed by atoms with van der Waals surface area (Å²) in [4.78, 5) is 10.8. The van der Waals surface area contributed by atoms with Gasteiger partial charge < -0.3 is 10.2 Å². The van der Waals surface area contributed by atoms with Gasteiger partial charge in [-0.15, -0.1) is 0 Å². The summed E-state index contributed by atoms with van der Waals surface area (Å²) in [5, 5.41) is 19.2. The number of aliphatic hydroxyl groups excluding tert-OH is 1. The second-order valence-corrected chi connectivity index (χ2v) is 10.6. The number of carboxylic acid groups (broad SMARTS) is 1. The third-order valence-electron chi connectivity index (χ3n) is 4.32. The second kappa shape index (κ2) is 7.36. The topological polar surface area (TPSA) is 129 Å². The summed E-state index contributed by atoms with van der Waals surface area (Å²) in [7, 11) is -8.15. The van der Waals surface area contributed by atoms with Crippen molar-refractivity contribution >= 4 is 43.1 Å². The average molecular weight is 446 g/mol. The molecule has 0 amide bonds. The number of nitrogens with zero attached hydrogens (tertiary/aromatic N) is 1. The number of hydrogen-bond donors (Lipinski definition) is 2. The van der Waals surface area contributed by atoms with E-state index in [0.717, 1.165) is 22.5 Å². The molecule has 150 valence electrons. The third kappa shape index (κ3) is 3.86. The molecule has 3 rings (SSSR count). The highest BCUT2D eigenvalue weighted by atomic mass is 35.5. The second-order valence-electron chi connectivity index (χ2n) is 6.30. The molecule has 0 spiro atoms. The Morgan fingerprint density at radius 2 is 1.75 bits per heavy atom. The van der Waals surface area contributed by atoms with Gasteiger partial charge >= 0.3 is 5.97 Å². The highest BCUT2D eigenvalue weighted by molar-refractivity contribution is 7.93. The average Bonchev–Trinajstić information content (AvgIpc) is 2.88. The van der Waals surface area contributed by atoms with Gasteiger partial charge in [0, 0.05) is 0 Å². The zero-order chi connectivity index (χ0) is 20.7. The first kappa shape index (κ1) is 20.6. The van der Waals surface area contributed by atoms with Crippen LogP contribution in [0.4, 0.5) is 5.69 Å². The molecule has 2 atom stereocenters. The van der Waals surface area contributed by atoms with Crippen molar-refractivity contribution in [2.75, 3.05) is 15.8 Å². The molecule has 0 unspecified atom stereocenters. The molecular weight excluding hydrogens is 430 g/mol. The molecular formula is C17H16ClNO7S2. The Balaban J connectivity index is 2.21. The van der Waals surface area contributed by atoms with Crippen LogP contribution in [0.1, 0.15) is 10.4 Å². The number of aromatic carboxylic acids is 1. The lowest BCUT2D eigenvalue weighted by Gasteiger charge is -2.31. The van der Waals surface area contributed by atoms with Gasteiger partial charge in [0.05, 0.1) is 39.9 Å². The van der Waals surface area contributed by atoms with Crippen molar-refractivity contribution in [1.29, 1.82) is 0 Å². The smallest absolute Gasteiger partial charge is 0.335 e. The highest BCUT2D eigenvalue weighted by Gasteiger charge is 2.45. The van der Waals surface area contributed by atoms with E-state index in [-0.39, 0.29) is 16.3 Å². The number of hydrogen-bond acceptors (Lipinski definition) is 6. The van der Waals surface area contributed by atoms with E-state index in [1.165, 1.54) is 12.1 Å². The monoisotopic (exact) mass is 445 g/mol. The van der Waals surface area contributed by atoms with Gasteiger partial charge in [0.1, 0.15) is 4.90 Å². The number of halogens is 1. The van der Waals surface area contributed by atoms with Crippen molar-refractivity contribution in [2.24, 2.45) is 0 Å². The fourth-order valence-electron chi connectivity index (χ4n) is 3.06. The number of rotatable bonds is 5. The van der Waals surface area contributed by atoms with E-state index in [2.05, 4.69) is 0 Å². The Morgan fingerprint density at radius 1 is 1.11 bits per heavy atom. The van der Waals surface area contributed by atoms with Crippen molar-refractivity contribution in [1.82, 2.24) is 0 Å². The fourth-order valence-corrected chi connectivity index (χ4v) is 7.11. The first-order chi connectivity index (χ1) is 13.0. The van der Waals surface area contributed by atoms with E-state index in [1.54, 1.807) is 18.2 Å². The highest BCUT2D eigenvalue weighted by Crippen LogP contribution is 2.34. The van der Waals surface area contributed by atoms with Gasteiger partial charge in [-0.2, -0.15) is 0 Å². The first-order valence-electron chi connectivity index (χ1n) is 8.04. The predicted octanol–water partition coefficient (Wildman–Crippen LogP) is 1.39. The van der Waals surface area contributed by atoms with E-state index >= 15 is 0 Å². The predicted molar refractivity (Wildman–Crippen MR) is 103 cm³/mol. The molecule has 1 aliphatic rings. The Morgan fingerprint density at radius 3 is 2.29 bits per heavy atom. The van der Waals surface area contributed by atoms with Gasteiger partial charge in [0.25, 0.3) is 10.0 Å². The van der Waals surface area contributed by atoms with Gasteiger partial charge in [-0.3, -0.25) is 4.31 Å². The lowest BCUT2D eigenvalue weighted by Crippen LogP contribution is -2.47. The number of sulfone groups is 1. The fraction of sp³-hybridized carbons (Fsp3) is 0.235. The van der Waals surface area contributed by atoms with Crippen LogP contribution in [0.3, 0.4) is 0 Å². The van der Waals surface area contributed by atoms with Crippen LogP contribution >= 0.6 is 11.6 Å². The van der Waals surface area contributed by atoms with Crippen molar-refractivity contribution < 1.29 is 31.8 Å². The minimum absolute atomic E-state index is 0.125. The summed E-state index contributed by atoms with van der Waals surface area (Å²) in [5.74, 6) is -2.49. The van der Waals surface area contributed by atoms with Gasteiger partial charge in [0.2, 0.25) is 0 Å². The summed E-state index contributed by atoms with van der Waals surface area (Å²) >= 11 is 6.04. The van der Waals surface area contributed by atoms with Gasteiger partial charge in [-0.1, -0.05) is 29.8 Å². The van der Waals surface area contributed by atoms with Crippen LogP contribution in [0, 0.1) is 0 Å². The lowest BCUT2D eigenvalue weighted by atomic mass is 10.2. The van der Waals surface area contributed by atoms with Crippen LogP contribution < -0.4 is 4.31 Å². The van der Waals surface area contributed by atoms with E-state index in [4.69, 9.17) is 11.6 Å². The van der Waals surface area contributed by atoms with E-state index in [0.29, 0.717) is 0 Å². The first-order valence-corrected chi connectivity index (χ1v) is 11.7. The molecule has 0 aromatic heterocycles. The molecule has 1 aliphatic heterocycles. The van der Waals surface area contributed by atoms with Crippen molar-refractivity contribution in [2.45, 2.75) is 17.0 Å². The van der Waals surface area contributed by atoms with Gasteiger partial charge in [-0.05, 0) is 30.3 Å². The molecule has 1 fully saturated rings. The number of benzene rings is 2. The number of sulfonamides is 1. The van der Waals surface area contributed by atoms with Crippen molar-refractivity contribution in [3.63, 3.8) is 0 Å². The Hall–Kier alpha value is -2.14. The third-order valence-corrected chi connectivity index (χ3v) is 8.35. The van der Waals surface area contributed by atoms with E-state index in [1.807, 2.05) is 0 Å². The summed E-state index contributed by atoms with van der Waals surface area (Å²) in [6.45, 7) is 0. The number of carbonyl (C=O) groups is 1. The number of carboxylic acids is 1. The van der Waals surface area contributed by atoms with Crippen LogP contribution in [0.15, 0.2) is 53.4 Å². The quantitative estimate of drug-likeness (QED) is 0.711. The van der Waals surface area contributed by atoms with Gasteiger partial charge in [0.15, 0.2) is 9.84 Å². The van der Waals surface area contributed by atoms with Crippen molar-refractivity contribution in [3.8, 4) is 0 Å². The molecule has 1 heterocycles. The lowest BCUT2D eigenvalue weighted by molar-refractivity contribution is 0.0696. The number of anilines is 1. The summed E-state index contributed by atoms with van der Waals surface area (Å²) in [6, 6.07) is 9.59. The Labute approximate surface area is 167 Å². The molecule has 2 N–H and O–H groups in total. The molecule has 2 aromatic carbocycles. The minimum Gasteiger partial charge on any atom is -0.478 e. The molecule has 0 saturated carbocycles. The molecule has 11 heteroatoms. The zero-order valence-corrected chi connectivity index (χ0v) is 16.7. The molecule has 1 saturated heterocycles. The SMILES string of the molecule is O=C(O)c1ccc(Cl)c(S(=O)(=O)N(c2ccccc2)[C@H]2CS(=O)(=O)C[C@@H]2O)c1. The van der Waals surface area contributed by atoms with E-state index in [9.17, 15) is 31.8 Å². The standard InChI is InChI=1S/C17H16ClNO7S2/c18-13-7-6-11(17(21)22)8-16(13)28(25,26)19(12-4-2-1-3-5-12)14-9-27(23,24)10-15(14)20/h1-8,14-15,20H,9-10H2,(H,21,22)/t14-,15-/m0/s1. The van der Waals surface area contributed by atoms with Crippen LogP contribution in [0.25, 0.3) is 0 Å².